The molecule has 0 unspecified atom stereocenters. The number of hydrogen-bond donors (Lipinski definition) is 1. The van der Waals surface area contributed by atoms with Gasteiger partial charge in [-0.05, 0) is 43.2 Å². The van der Waals surface area contributed by atoms with E-state index >= 15 is 0 Å². The van der Waals surface area contributed by atoms with Crippen molar-refractivity contribution in [2.75, 3.05) is 23.3 Å². The molecule has 0 aromatic heterocycles. The third-order valence-corrected chi connectivity index (χ3v) is 4.14. The van der Waals surface area contributed by atoms with Crippen molar-refractivity contribution in [1.82, 2.24) is 0 Å². The second-order valence-corrected chi connectivity index (χ2v) is 5.63. The van der Waals surface area contributed by atoms with Crippen LogP contribution in [0.2, 0.25) is 5.02 Å². The third kappa shape index (κ3) is 2.74. The summed E-state index contributed by atoms with van der Waals surface area (Å²) in [5, 5.41) is 3.99. The zero-order valence-electron chi connectivity index (χ0n) is 11.9. The Morgan fingerprint density at radius 2 is 2.05 bits per heavy atom. The number of carbonyl (C=O) groups excluding carboxylic acids is 1. The smallest absolute Gasteiger partial charge is 0.258 e. The molecule has 0 atom stereocenters. The zero-order valence-corrected chi connectivity index (χ0v) is 12.7. The highest BCUT2D eigenvalue weighted by molar-refractivity contribution is 6.31. The minimum absolute atomic E-state index is 0.00644. The lowest BCUT2D eigenvalue weighted by Gasteiger charge is -2.22. The van der Waals surface area contributed by atoms with Gasteiger partial charge in [0, 0.05) is 23.7 Å². The number of halogens is 1. The van der Waals surface area contributed by atoms with Crippen LogP contribution in [-0.4, -0.2) is 19.0 Å². The molecule has 1 aliphatic rings. The lowest BCUT2D eigenvalue weighted by molar-refractivity contribution is 0.0987. The van der Waals surface area contributed by atoms with Crippen molar-refractivity contribution in [2.45, 2.75) is 13.3 Å². The van der Waals surface area contributed by atoms with Crippen molar-refractivity contribution in [3.05, 3.63) is 58.6 Å². The summed E-state index contributed by atoms with van der Waals surface area (Å²) in [6.07, 6.45) is 0.917. The summed E-state index contributed by atoms with van der Waals surface area (Å²) in [6, 6.07) is 13.4. The summed E-state index contributed by atoms with van der Waals surface area (Å²) in [7, 11) is 0. The highest BCUT2D eigenvalue weighted by atomic mass is 35.5. The Hall–Kier alpha value is -2.00. The van der Waals surface area contributed by atoms with Crippen molar-refractivity contribution in [3.63, 3.8) is 0 Å². The number of benzene rings is 2. The minimum atomic E-state index is -0.00644. The molecule has 0 fully saturated rings. The Labute approximate surface area is 129 Å². The van der Waals surface area contributed by atoms with Gasteiger partial charge < -0.3 is 10.2 Å². The quantitative estimate of drug-likeness (QED) is 0.859. The average molecular weight is 301 g/mol. The number of aryl methyl sites for hydroxylation is 1. The highest BCUT2D eigenvalue weighted by Gasteiger charge is 2.22. The first kappa shape index (κ1) is 14.0. The molecule has 4 heteroatoms. The van der Waals surface area contributed by atoms with Crippen LogP contribution < -0.4 is 10.2 Å². The highest BCUT2D eigenvalue weighted by Crippen LogP contribution is 2.29. The molecule has 1 amide bonds. The first-order valence-corrected chi connectivity index (χ1v) is 7.45. The number of fused-ring (bicyclic) bond motifs is 1. The molecule has 0 saturated carbocycles. The Balaban J connectivity index is 1.99. The van der Waals surface area contributed by atoms with Crippen molar-refractivity contribution in [2.24, 2.45) is 0 Å². The molecule has 0 radical (unpaired) electrons. The van der Waals surface area contributed by atoms with Crippen molar-refractivity contribution in [1.29, 1.82) is 0 Å². The summed E-state index contributed by atoms with van der Waals surface area (Å²) in [6.45, 7) is 3.51. The fraction of sp³-hybridized carbons (Fsp3) is 0.235. The van der Waals surface area contributed by atoms with Crippen LogP contribution >= 0.6 is 11.6 Å². The van der Waals surface area contributed by atoms with E-state index in [9.17, 15) is 4.79 Å². The summed E-state index contributed by atoms with van der Waals surface area (Å²) >= 11 is 6.15. The number of amides is 1. The van der Waals surface area contributed by atoms with E-state index in [1.807, 2.05) is 48.2 Å². The topological polar surface area (TPSA) is 32.3 Å². The molecule has 108 valence electrons. The SMILES string of the molecule is Cc1ccc(C(=O)N2CCCNc3ccccc32)cc1Cl. The molecule has 21 heavy (non-hydrogen) atoms. The number of carbonyl (C=O) groups is 1. The predicted octanol–water partition coefficient (Wildman–Crippen LogP) is 4.11. The monoisotopic (exact) mass is 300 g/mol. The van der Waals surface area contributed by atoms with Crippen LogP contribution in [-0.2, 0) is 0 Å². The molecule has 1 aliphatic heterocycles. The molecule has 0 aliphatic carbocycles. The molecule has 3 nitrogen and oxygen atoms in total. The predicted molar refractivity (Wildman–Crippen MR) is 87.4 cm³/mol. The van der Waals surface area contributed by atoms with E-state index in [-0.39, 0.29) is 5.91 Å². The van der Waals surface area contributed by atoms with E-state index in [4.69, 9.17) is 11.6 Å². The normalized spacial score (nSPS) is 14.1. The molecule has 1 N–H and O–H groups in total. The van der Waals surface area contributed by atoms with Crippen molar-refractivity contribution < 1.29 is 4.79 Å². The number of anilines is 2. The molecule has 2 aromatic carbocycles. The number of para-hydroxylation sites is 2. The summed E-state index contributed by atoms with van der Waals surface area (Å²) in [5.74, 6) is -0.00644. The van der Waals surface area contributed by atoms with Gasteiger partial charge in [-0.25, -0.2) is 0 Å². The van der Waals surface area contributed by atoms with Crippen molar-refractivity contribution >= 4 is 28.9 Å². The van der Waals surface area contributed by atoms with Crippen LogP contribution in [0.4, 0.5) is 11.4 Å². The molecule has 1 heterocycles. The van der Waals surface area contributed by atoms with Crippen LogP contribution in [0.25, 0.3) is 0 Å². The average Bonchev–Trinajstić information content (AvgIpc) is 2.71. The van der Waals surface area contributed by atoms with Gasteiger partial charge in [0.15, 0.2) is 0 Å². The van der Waals surface area contributed by atoms with Gasteiger partial charge in [-0.1, -0.05) is 29.8 Å². The lowest BCUT2D eigenvalue weighted by atomic mass is 10.1. The summed E-state index contributed by atoms with van der Waals surface area (Å²) in [5.41, 5.74) is 3.53. The summed E-state index contributed by atoms with van der Waals surface area (Å²) < 4.78 is 0. The third-order valence-electron chi connectivity index (χ3n) is 3.73. The van der Waals surface area contributed by atoms with E-state index in [1.54, 1.807) is 6.07 Å². The number of nitrogens with zero attached hydrogens (tertiary/aromatic N) is 1. The lowest BCUT2D eigenvalue weighted by Crippen LogP contribution is -2.31. The molecule has 0 bridgehead atoms. The van der Waals surface area contributed by atoms with E-state index in [0.29, 0.717) is 17.1 Å². The van der Waals surface area contributed by atoms with Gasteiger partial charge in [0.2, 0.25) is 0 Å². The first-order chi connectivity index (χ1) is 10.2. The fourth-order valence-electron chi connectivity index (χ4n) is 2.53. The van der Waals surface area contributed by atoms with Crippen LogP contribution in [0.1, 0.15) is 22.3 Å². The van der Waals surface area contributed by atoms with Gasteiger partial charge in [-0.3, -0.25) is 4.79 Å². The molecule has 2 aromatic rings. The number of rotatable bonds is 1. The van der Waals surface area contributed by atoms with Gasteiger partial charge in [-0.2, -0.15) is 0 Å². The van der Waals surface area contributed by atoms with Gasteiger partial charge in [0.25, 0.3) is 5.91 Å². The first-order valence-electron chi connectivity index (χ1n) is 7.08. The maximum Gasteiger partial charge on any atom is 0.258 e. The van der Waals surface area contributed by atoms with E-state index in [1.165, 1.54) is 0 Å². The Morgan fingerprint density at radius 1 is 1.24 bits per heavy atom. The molecule has 0 saturated heterocycles. The maximum absolute atomic E-state index is 12.8. The Kier molecular flexibility index (Phi) is 3.84. The second kappa shape index (κ2) is 5.78. The van der Waals surface area contributed by atoms with Gasteiger partial charge in [0.1, 0.15) is 0 Å². The van der Waals surface area contributed by atoms with Gasteiger partial charge in [0.05, 0.1) is 11.4 Å². The van der Waals surface area contributed by atoms with E-state index < -0.39 is 0 Å². The number of nitrogens with one attached hydrogen (secondary N) is 1. The van der Waals surface area contributed by atoms with Crippen LogP contribution in [0.15, 0.2) is 42.5 Å². The number of hydrogen-bond acceptors (Lipinski definition) is 2. The maximum atomic E-state index is 12.8. The largest absolute Gasteiger partial charge is 0.383 e. The van der Waals surface area contributed by atoms with Crippen LogP contribution in [0, 0.1) is 6.92 Å². The van der Waals surface area contributed by atoms with Crippen LogP contribution in [0.3, 0.4) is 0 Å². The second-order valence-electron chi connectivity index (χ2n) is 5.22. The van der Waals surface area contributed by atoms with Crippen LogP contribution in [0.5, 0.6) is 0 Å². The molecule has 0 spiro atoms. The summed E-state index contributed by atoms with van der Waals surface area (Å²) in [4.78, 5) is 14.6. The van der Waals surface area contributed by atoms with Crippen molar-refractivity contribution in [3.8, 4) is 0 Å². The van der Waals surface area contributed by atoms with Gasteiger partial charge in [-0.15, -0.1) is 0 Å². The Bertz CT molecular complexity index is 684. The molecular weight excluding hydrogens is 284 g/mol. The minimum Gasteiger partial charge on any atom is -0.383 e. The van der Waals surface area contributed by atoms with E-state index in [2.05, 4.69) is 5.32 Å². The molecule has 3 rings (SSSR count). The van der Waals surface area contributed by atoms with E-state index in [0.717, 1.165) is 29.9 Å². The molecular formula is C17H17ClN2O. The standard InChI is InChI=1S/C17H17ClN2O/c1-12-7-8-13(11-14(12)18)17(21)20-10-4-9-19-15-5-2-3-6-16(15)20/h2-3,5-8,11,19H,4,9-10H2,1H3. The zero-order chi connectivity index (χ0) is 14.8. The van der Waals surface area contributed by atoms with Gasteiger partial charge >= 0.3 is 0 Å². The fourth-order valence-corrected chi connectivity index (χ4v) is 2.71. The Morgan fingerprint density at radius 3 is 2.86 bits per heavy atom.